The molecule has 8 aromatic rings. The van der Waals surface area contributed by atoms with Crippen molar-refractivity contribution in [3.8, 4) is 0 Å². The molecule has 0 saturated heterocycles. The fourth-order valence-corrected chi connectivity index (χ4v) is 11.6. The molecule has 586 valence electrons. The van der Waals surface area contributed by atoms with Gasteiger partial charge in [-0.25, -0.2) is 9.59 Å². The number of unbranched alkanes of at least 4 members (excludes halogenated alkanes) is 2. The Morgan fingerprint density at radius 3 is 0.848 bits per heavy atom. The molecular weight excluding hydrogens is 1700 g/mol. The van der Waals surface area contributed by atoms with Gasteiger partial charge >= 0.3 is 11.9 Å². The van der Waals surface area contributed by atoms with Crippen molar-refractivity contribution in [2.24, 2.45) is 0 Å². The fourth-order valence-electron chi connectivity index (χ4n) is 11.6. The zero-order valence-electron chi connectivity index (χ0n) is 64.5. The molecule has 2 aliphatic heterocycles. The van der Waals surface area contributed by atoms with Crippen molar-refractivity contribution < 1.29 is 95.6 Å². The van der Waals surface area contributed by atoms with Gasteiger partial charge in [0.05, 0.1) is 17.7 Å². The largest absolute Gasteiger partial charge is 0.479 e. The first-order valence-corrected chi connectivity index (χ1v) is 34.9. The number of halogens is 6. The average Bonchev–Trinajstić information content (AvgIpc) is 1.70. The van der Waals surface area contributed by atoms with Gasteiger partial charge in [0.1, 0.15) is 0 Å². The number of aromatic carboxylic acids is 1. The number of aliphatic hydroxyl groups excluding tert-OH is 1. The van der Waals surface area contributed by atoms with E-state index in [9.17, 15) is 35.9 Å². The Hall–Kier alpha value is -7.08. The summed E-state index contributed by atoms with van der Waals surface area (Å²) in [4.78, 5) is 31.7. The molecule has 8 aromatic carbocycles. The summed E-state index contributed by atoms with van der Waals surface area (Å²) in [6.07, 6.45) is 12.1. The maximum absolute atomic E-state index is 11.7. The van der Waals surface area contributed by atoms with Gasteiger partial charge in [-0.3, -0.25) is 0 Å². The molecule has 10 rings (SSSR count). The number of anilines is 4. The Kier molecular flexibility index (Phi) is 46.4. The number of carbonyl (C=O) groups excluding carboxylic acids is 1. The standard InChI is InChI=1S/2C27H37N2.C15H15O2.C11H8O2.C4H9O.2CF3.2CH3.2Au/c2*1-18(2)22-11-9-12-23(19(3)4)26(22)28-15-16-29(17-28)27-24(20(5)6)13-10-14-25(27)21(7)8;1-2-3-10-17-15(16)14-9-8-12-6-4-5-7-13(12)11-14;12-11(13)10-6-5-8-3-1-2-4-9(8)7-10;1-2-3-4-5;2*2-1(3)4;;;;/h2*9-21H,1-8H3;4-9,11H,1-3,10H2;1-7H,(H,12,13);5H,1-4H2;;;2*1H3;;/q3*-1;;5*-1;;. The SMILES string of the molecule is CC(C)c1cccc(C(C)C)c1N1C=CN(c2c(C(C)C)cccc2C(C)C)[CH-]1.CC(C)c1cccc(C(C)C)c1N1C=CN(c2c(C(C)C)cccc2C(C)C)[CH-]1.F[C-](F)F.F[C-](F)F.O=C(O)c1ccc2ccccc2c1.[Au].[Au].[CH2-]CCCO.[CH2-]CCCOC(=O)c1ccc2ccccc2c1.[CH3-].[CH3-]. The number of rotatable bonds is 19. The van der Waals surface area contributed by atoms with Crippen molar-refractivity contribution in [3.63, 3.8) is 0 Å². The van der Waals surface area contributed by atoms with Crippen LogP contribution in [0.15, 0.2) is 183 Å². The predicted octanol–water partition coefficient (Wildman–Crippen LogP) is 26.5. The number of esters is 1. The van der Waals surface area contributed by atoms with E-state index in [1.165, 1.54) is 67.3 Å². The summed E-state index contributed by atoms with van der Waals surface area (Å²) in [7, 11) is 0. The Labute approximate surface area is 657 Å². The maximum Gasteiger partial charge on any atom is 0.338 e. The van der Waals surface area contributed by atoms with E-state index in [2.05, 4.69) is 255 Å². The van der Waals surface area contributed by atoms with Crippen molar-refractivity contribution in [2.45, 2.75) is 184 Å². The maximum atomic E-state index is 11.7. The normalized spacial score (nSPS) is 12.0. The minimum absolute atomic E-state index is 0. The smallest absolute Gasteiger partial charge is 0.338 e. The van der Waals surface area contributed by atoms with Crippen molar-refractivity contribution in [2.75, 3.05) is 32.8 Å². The Bertz CT molecular complexity index is 3490. The summed E-state index contributed by atoms with van der Waals surface area (Å²) in [6.45, 7) is 42.8. The zero-order chi connectivity index (χ0) is 75.2. The topological polar surface area (TPSA) is 96.8 Å². The third-order valence-corrected chi connectivity index (χ3v) is 16.7. The molecule has 0 aliphatic carbocycles. The van der Waals surface area contributed by atoms with Gasteiger partial charge in [0.25, 0.3) is 0 Å². The summed E-state index contributed by atoms with van der Waals surface area (Å²) in [6, 6.07) is 53.4. The first-order chi connectivity index (χ1) is 47.9. The van der Waals surface area contributed by atoms with Gasteiger partial charge in [0.2, 0.25) is 0 Å². The van der Waals surface area contributed by atoms with E-state index in [-0.39, 0.29) is 72.2 Å². The van der Waals surface area contributed by atoms with E-state index in [1.807, 2.05) is 66.7 Å². The summed E-state index contributed by atoms with van der Waals surface area (Å²) >= 11 is 0. The van der Waals surface area contributed by atoms with Crippen LogP contribution in [0.4, 0.5) is 49.1 Å². The van der Waals surface area contributed by atoms with Crippen molar-refractivity contribution >= 4 is 56.2 Å². The monoisotopic (exact) mass is 1810 g/mol. The van der Waals surface area contributed by atoms with Crippen LogP contribution in [0, 0.1) is 55.4 Å². The van der Waals surface area contributed by atoms with Crippen LogP contribution in [0.25, 0.3) is 21.5 Å². The molecule has 0 atom stereocenters. The first kappa shape index (κ1) is 97.9. The number of hydrogen-bond donors (Lipinski definition) is 2. The van der Waals surface area contributed by atoms with E-state index in [0.717, 1.165) is 47.2 Å². The molecule has 9 nitrogen and oxygen atoms in total. The molecular formula is C88H112Au2F6N4O5-8. The van der Waals surface area contributed by atoms with E-state index in [0.29, 0.717) is 65.1 Å². The molecule has 105 heavy (non-hydrogen) atoms. The molecule has 0 saturated carbocycles. The van der Waals surface area contributed by atoms with Gasteiger partial charge in [-0.2, -0.15) is 12.8 Å². The van der Waals surface area contributed by atoms with Crippen LogP contribution in [0.1, 0.15) is 249 Å². The zero-order valence-corrected chi connectivity index (χ0v) is 68.9. The Balaban J connectivity index is 0.00000132. The third kappa shape index (κ3) is 30.2. The van der Waals surface area contributed by atoms with Crippen LogP contribution >= 0.6 is 0 Å². The number of carboxylic acid groups (broad SMARTS) is 1. The number of carbonyl (C=O) groups is 2. The number of aliphatic hydroxyl groups is 1. The van der Waals surface area contributed by atoms with Gasteiger partial charge in [0.15, 0.2) is 13.4 Å². The Morgan fingerprint density at radius 1 is 0.390 bits per heavy atom. The van der Waals surface area contributed by atoms with Crippen molar-refractivity contribution in [1.82, 2.24) is 0 Å². The van der Waals surface area contributed by atoms with Gasteiger partial charge in [-0.15, -0.1) is 13.3 Å². The number of hydrogen-bond acceptors (Lipinski definition) is 8. The van der Waals surface area contributed by atoms with E-state index >= 15 is 0 Å². The fraction of sp³-hybridized carbons (Fsp3) is 0.341. The number of para-hydroxylation sites is 4. The van der Waals surface area contributed by atoms with Gasteiger partial charge in [0, 0.05) is 74.1 Å². The van der Waals surface area contributed by atoms with Crippen LogP contribution < -0.4 is 19.6 Å². The minimum atomic E-state index is -3.08. The Morgan fingerprint density at radius 2 is 0.629 bits per heavy atom. The molecule has 0 fully saturated rings. The third-order valence-electron chi connectivity index (χ3n) is 16.7. The van der Waals surface area contributed by atoms with Crippen molar-refractivity contribution in [1.29, 1.82) is 0 Å². The van der Waals surface area contributed by atoms with Crippen LogP contribution in [0.5, 0.6) is 0 Å². The molecule has 17 heteroatoms. The first-order valence-electron chi connectivity index (χ1n) is 34.9. The van der Waals surface area contributed by atoms with Gasteiger partial charge < -0.3 is 89.6 Å². The second kappa shape index (κ2) is 49.7. The van der Waals surface area contributed by atoms with Crippen LogP contribution in [-0.2, 0) is 49.5 Å². The van der Waals surface area contributed by atoms with Crippen LogP contribution in [-0.4, -0.2) is 35.4 Å². The number of nitrogens with zero attached hydrogens (tertiary/aromatic N) is 4. The minimum Gasteiger partial charge on any atom is -0.479 e. The molecule has 0 bridgehead atoms. The molecule has 0 aromatic heterocycles. The van der Waals surface area contributed by atoms with Gasteiger partial charge in [-0.05, 0) is 169 Å². The molecule has 2 N–H and O–H groups in total. The second-order valence-electron chi connectivity index (χ2n) is 27.0. The number of benzene rings is 8. The molecule has 2 aliphatic rings. The second-order valence-corrected chi connectivity index (χ2v) is 27.0. The molecule has 2 radical (unpaired) electrons. The summed E-state index contributed by atoms with van der Waals surface area (Å²) < 4.78 is 62.6. The molecule has 0 spiro atoms. The van der Waals surface area contributed by atoms with Gasteiger partial charge in [-0.1, -0.05) is 251 Å². The van der Waals surface area contributed by atoms with E-state index in [1.54, 1.807) is 18.2 Å². The summed E-state index contributed by atoms with van der Waals surface area (Å²) in [5.74, 6) is 2.70. The van der Waals surface area contributed by atoms with E-state index in [4.69, 9.17) is 14.9 Å². The molecule has 0 unspecified atom stereocenters. The number of ether oxygens (including phenoxy) is 1. The van der Waals surface area contributed by atoms with Crippen LogP contribution in [0.3, 0.4) is 0 Å². The summed E-state index contributed by atoms with van der Waals surface area (Å²) in [5, 5.41) is 21.0. The average molecular weight is 1810 g/mol. The quantitative estimate of drug-likeness (QED) is 0.0270. The van der Waals surface area contributed by atoms with Crippen molar-refractivity contribution in [3.05, 3.63) is 294 Å². The van der Waals surface area contributed by atoms with E-state index < -0.39 is 19.3 Å². The van der Waals surface area contributed by atoms with Crippen LogP contribution in [0.2, 0.25) is 0 Å². The molecule has 0 amide bonds. The summed E-state index contributed by atoms with van der Waals surface area (Å²) in [5.41, 5.74) is 17.5. The number of fused-ring (bicyclic) bond motifs is 2. The predicted molar refractivity (Wildman–Crippen MR) is 423 cm³/mol. The number of carboxylic acids is 1. The molecule has 2 heterocycles.